The Labute approximate surface area is 598 Å². The van der Waals surface area contributed by atoms with E-state index in [9.17, 15) is 28.8 Å². The molecule has 19 saturated carbocycles. The molecule has 0 aromatic rings. The van der Waals surface area contributed by atoms with E-state index in [4.69, 9.17) is 42.6 Å². The molecule has 18 bridgehead atoms. The predicted octanol–water partition coefficient (Wildman–Crippen LogP) is 16.3. The van der Waals surface area contributed by atoms with Crippen molar-refractivity contribution in [3.8, 4) is 0 Å². The highest BCUT2D eigenvalue weighted by Crippen LogP contribution is 2.73. The molecule has 27 atom stereocenters. The quantitative estimate of drug-likeness (QED) is 0.0309. The smallest absolute Gasteiger partial charge is 0.311 e. The Morgan fingerprint density at radius 1 is 0.360 bits per heavy atom. The van der Waals surface area contributed by atoms with Crippen LogP contribution >= 0.6 is 0 Å². The fourth-order valence-corrected chi connectivity index (χ4v) is 28.6. The van der Waals surface area contributed by atoms with E-state index in [-0.39, 0.29) is 98.4 Å². The number of rotatable bonds is 23. The highest BCUT2D eigenvalue weighted by molar-refractivity contribution is 5.78. The summed E-state index contributed by atoms with van der Waals surface area (Å²) in [7, 11) is 0. The van der Waals surface area contributed by atoms with E-state index >= 15 is 0 Å². The van der Waals surface area contributed by atoms with E-state index in [0.717, 1.165) is 150 Å². The summed E-state index contributed by atoms with van der Waals surface area (Å²) >= 11 is 0. The summed E-state index contributed by atoms with van der Waals surface area (Å²) in [5.41, 5.74) is -0.887. The van der Waals surface area contributed by atoms with Gasteiger partial charge in [0.15, 0.2) is 20.4 Å². The van der Waals surface area contributed by atoms with Crippen molar-refractivity contribution in [2.24, 2.45) is 181 Å². The summed E-state index contributed by atoms with van der Waals surface area (Å²) in [6.45, 7) is 19.9. The average Bonchev–Trinajstić information content (AvgIpc) is 1.50. The maximum atomic E-state index is 13.2. The number of hydrogen-bond donors (Lipinski definition) is 0. The predicted molar refractivity (Wildman–Crippen MR) is 373 cm³/mol. The third-order valence-corrected chi connectivity index (χ3v) is 33.7. The first-order valence-electron chi connectivity index (χ1n) is 41.9. The van der Waals surface area contributed by atoms with E-state index in [1.165, 1.54) is 103 Å². The Hall–Kier alpha value is -3.30. The molecular weight excluding hydrogens is 1260 g/mol. The summed E-state index contributed by atoms with van der Waals surface area (Å²) < 4.78 is 53.0. The van der Waals surface area contributed by atoms with Gasteiger partial charge in [-0.25, -0.2) is 0 Å². The van der Waals surface area contributed by atoms with E-state index in [2.05, 4.69) is 6.92 Å². The first kappa shape index (κ1) is 71.0. The third-order valence-electron chi connectivity index (χ3n) is 33.7. The van der Waals surface area contributed by atoms with Crippen LogP contribution in [0.2, 0.25) is 0 Å². The molecule has 15 heteroatoms. The lowest BCUT2D eigenvalue weighted by molar-refractivity contribution is -0.175. The van der Waals surface area contributed by atoms with Crippen molar-refractivity contribution in [3.63, 3.8) is 0 Å². The van der Waals surface area contributed by atoms with Crippen molar-refractivity contribution in [2.45, 2.75) is 279 Å². The van der Waals surface area contributed by atoms with Gasteiger partial charge < -0.3 is 42.6 Å². The van der Waals surface area contributed by atoms with E-state index in [0.29, 0.717) is 100 Å². The lowest BCUT2D eigenvalue weighted by Crippen LogP contribution is -2.48. The molecule has 0 spiro atoms. The molecule has 0 aromatic carbocycles. The zero-order valence-electron chi connectivity index (χ0n) is 62.8. The van der Waals surface area contributed by atoms with Gasteiger partial charge in [0, 0.05) is 0 Å². The average molecular weight is 1390 g/mol. The van der Waals surface area contributed by atoms with Crippen molar-refractivity contribution in [1.29, 1.82) is 0 Å². The lowest BCUT2D eigenvalue weighted by Gasteiger charge is -2.56. The first-order valence-corrected chi connectivity index (χ1v) is 41.9. The van der Waals surface area contributed by atoms with Crippen LogP contribution in [0.1, 0.15) is 255 Å². The van der Waals surface area contributed by atoms with Crippen LogP contribution in [0.3, 0.4) is 0 Å². The van der Waals surface area contributed by atoms with Gasteiger partial charge in [-0.3, -0.25) is 28.8 Å². The van der Waals surface area contributed by atoms with Crippen LogP contribution in [-0.2, 0) is 71.4 Å². The zero-order valence-corrected chi connectivity index (χ0v) is 62.8. The summed E-state index contributed by atoms with van der Waals surface area (Å²) in [6, 6.07) is 0. The Morgan fingerprint density at radius 2 is 0.740 bits per heavy atom. The van der Waals surface area contributed by atoms with Gasteiger partial charge in [0.2, 0.25) is 0 Å². The highest BCUT2D eigenvalue weighted by Gasteiger charge is 2.70. The van der Waals surface area contributed by atoms with Crippen LogP contribution in [0.5, 0.6) is 0 Å². The SMILES string of the molecule is CCC(C)(C)C(=O)OC1CC2CC1C1C3CC(CC3C(=O)OCOC3CCCCC3)C21.CCC(C)(C)C(=O)OC1CC2CC1C1C3CC(CC3C(=O)OCOCC34CC5CC(CC(C5)C3)C4)C21.CCC(C)(C)C(=O)OC1CC2CC1C1C3CC(CC3C(=O)OCOCC3CC4CCC3C4)C21. The van der Waals surface area contributed by atoms with Crippen LogP contribution in [0.4, 0.5) is 0 Å². The molecule has 0 aromatic heterocycles. The molecule has 558 valence electrons. The summed E-state index contributed by atoms with van der Waals surface area (Å²) in [4.78, 5) is 77.3. The van der Waals surface area contributed by atoms with Gasteiger partial charge in [0.05, 0.1) is 53.3 Å². The molecule has 19 rings (SSSR count). The molecule has 19 fully saturated rings. The first-order chi connectivity index (χ1) is 48.0. The normalized spacial score (nSPS) is 46.0. The molecule has 0 radical (unpaired) electrons. The van der Waals surface area contributed by atoms with E-state index in [1.54, 1.807) is 0 Å². The van der Waals surface area contributed by atoms with E-state index in [1.807, 2.05) is 55.4 Å². The second kappa shape index (κ2) is 27.8. The molecular formula is C85H128O15. The van der Waals surface area contributed by atoms with Gasteiger partial charge >= 0.3 is 35.8 Å². The van der Waals surface area contributed by atoms with Crippen molar-refractivity contribution >= 4 is 35.8 Å². The number of hydrogen-bond acceptors (Lipinski definition) is 15. The van der Waals surface area contributed by atoms with Crippen LogP contribution < -0.4 is 0 Å². The minimum atomic E-state index is -0.418. The minimum Gasteiger partial charge on any atom is -0.462 e. The van der Waals surface area contributed by atoms with Gasteiger partial charge in [-0.15, -0.1) is 0 Å². The Bertz CT molecular complexity index is 2980. The monoisotopic (exact) mass is 1390 g/mol. The fraction of sp³-hybridized carbons (Fsp3) is 0.929. The summed E-state index contributed by atoms with van der Waals surface area (Å²) in [6.07, 6.45) is 35.6. The molecule has 27 unspecified atom stereocenters. The largest absolute Gasteiger partial charge is 0.462 e. The molecule has 0 heterocycles. The minimum absolute atomic E-state index is 0.0159. The Morgan fingerprint density at radius 3 is 1.12 bits per heavy atom. The number of carbonyl (C=O) groups is 6. The molecule has 0 saturated heterocycles. The van der Waals surface area contributed by atoms with Gasteiger partial charge in [0.25, 0.3) is 0 Å². The Kier molecular flexibility index (Phi) is 19.7. The number of carbonyl (C=O) groups excluding carboxylic acids is 6. The molecule has 0 amide bonds. The Balaban J connectivity index is 0.000000117. The molecule has 0 aliphatic heterocycles. The van der Waals surface area contributed by atoms with Gasteiger partial charge in [0.1, 0.15) is 18.3 Å². The van der Waals surface area contributed by atoms with Gasteiger partial charge in [-0.1, -0.05) is 46.5 Å². The van der Waals surface area contributed by atoms with Gasteiger partial charge in [-0.2, -0.15) is 0 Å². The van der Waals surface area contributed by atoms with Crippen LogP contribution in [0, 0.1) is 181 Å². The van der Waals surface area contributed by atoms with Crippen molar-refractivity contribution in [1.82, 2.24) is 0 Å². The maximum absolute atomic E-state index is 13.2. The zero-order chi connectivity index (χ0) is 69.5. The number of fused-ring (bicyclic) bond motifs is 29. The molecule has 15 nitrogen and oxygen atoms in total. The topological polar surface area (TPSA) is 185 Å². The van der Waals surface area contributed by atoms with Crippen molar-refractivity contribution in [3.05, 3.63) is 0 Å². The highest BCUT2D eigenvalue weighted by atomic mass is 16.7. The summed E-state index contributed by atoms with van der Waals surface area (Å²) in [5, 5.41) is 0. The second-order valence-corrected chi connectivity index (χ2v) is 39.9. The second-order valence-electron chi connectivity index (χ2n) is 39.9. The van der Waals surface area contributed by atoms with Gasteiger partial charge in [-0.05, 0) is 356 Å². The standard InChI is InChI=1S/C31H46O5.C28H42O5.C26H40O5/c1-4-30(2,3)29(33)36-25-11-21-10-24(25)27-22-8-20(26(21)27)9-23(22)28(32)35-16-34-15-31-12-17-5-18(13-31)7-19(6-17)14-31;1-4-28(2,3)27(30)33-23-12-18-11-22(23)25-20-9-17(24(18)25)10-21(20)26(29)32-14-31-13-19-8-15-5-6-16(19)7-15;1-4-26(2,3)25(28)31-21-13-16-12-20(21)23-18-10-15(22(16)23)11-19(18)24(27)30-14-29-17-8-6-5-7-9-17/h17-27H,4-16H2,1-3H3;15-25H,4-14H2,1-3H3;15-23H,4-14H2,1-3H3. The molecule has 19 aliphatic carbocycles. The van der Waals surface area contributed by atoms with Crippen LogP contribution in [0.15, 0.2) is 0 Å². The van der Waals surface area contributed by atoms with E-state index < -0.39 is 16.2 Å². The number of esters is 6. The fourth-order valence-electron chi connectivity index (χ4n) is 28.6. The number of ether oxygens (including phenoxy) is 9. The third kappa shape index (κ3) is 13.0. The summed E-state index contributed by atoms with van der Waals surface area (Å²) in [5.74, 6) is 15.4. The molecule has 0 N–H and O–H groups in total. The van der Waals surface area contributed by atoms with Crippen molar-refractivity contribution < 1.29 is 71.4 Å². The lowest BCUT2D eigenvalue weighted by atomic mass is 9.50. The van der Waals surface area contributed by atoms with Crippen molar-refractivity contribution in [2.75, 3.05) is 33.6 Å². The van der Waals surface area contributed by atoms with Crippen LogP contribution in [-0.4, -0.2) is 93.8 Å². The molecule has 100 heavy (non-hydrogen) atoms. The van der Waals surface area contributed by atoms with Crippen LogP contribution in [0.25, 0.3) is 0 Å². The maximum Gasteiger partial charge on any atom is 0.311 e. The molecule has 19 aliphatic rings.